The molecular formula is C20H26O4. The summed E-state index contributed by atoms with van der Waals surface area (Å²) in [5.41, 5.74) is 2.24. The summed E-state index contributed by atoms with van der Waals surface area (Å²) >= 11 is 0. The summed E-state index contributed by atoms with van der Waals surface area (Å²) in [7, 11) is 0. The fourth-order valence-electron chi connectivity index (χ4n) is 3.64. The first-order chi connectivity index (χ1) is 11.3. The zero-order valence-electron chi connectivity index (χ0n) is 14.8. The van der Waals surface area contributed by atoms with E-state index in [4.69, 9.17) is 9.47 Å². The molecule has 0 spiro atoms. The Hall–Kier alpha value is -1.68. The van der Waals surface area contributed by atoms with Gasteiger partial charge in [-0.1, -0.05) is 23.8 Å². The molecule has 2 saturated heterocycles. The number of rotatable bonds is 0. The monoisotopic (exact) mass is 330 g/mol. The van der Waals surface area contributed by atoms with Crippen molar-refractivity contribution in [1.82, 2.24) is 0 Å². The summed E-state index contributed by atoms with van der Waals surface area (Å²) in [5.74, 6) is -0.286. The summed E-state index contributed by atoms with van der Waals surface area (Å²) < 4.78 is 11.2. The lowest BCUT2D eigenvalue weighted by molar-refractivity contribution is -0.137. The molecule has 4 heteroatoms. The number of hydrogen-bond acceptors (Lipinski definition) is 4. The Kier molecular flexibility index (Phi) is 4.52. The first-order valence-electron chi connectivity index (χ1n) is 8.75. The second-order valence-corrected chi connectivity index (χ2v) is 7.48. The zero-order chi connectivity index (χ0) is 17.5. The molecular weight excluding hydrogens is 304 g/mol. The number of ketones is 1. The van der Waals surface area contributed by atoms with E-state index in [-0.39, 0.29) is 29.9 Å². The Morgan fingerprint density at radius 2 is 1.92 bits per heavy atom. The molecule has 3 aliphatic rings. The van der Waals surface area contributed by atoms with Gasteiger partial charge in [0.2, 0.25) is 0 Å². The molecule has 0 N–H and O–H groups in total. The minimum atomic E-state index is -0.709. The lowest BCUT2D eigenvalue weighted by Crippen LogP contribution is -2.26. The molecule has 0 amide bonds. The van der Waals surface area contributed by atoms with Crippen LogP contribution < -0.4 is 0 Å². The minimum Gasteiger partial charge on any atom is -0.454 e. The first-order valence-corrected chi connectivity index (χ1v) is 8.75. The molecule has 0 aromatic rings. The van der Waals surface area contributed by atoms with Gasteiger partial charge in [-0.15, -0.1) is 0 Å². The van der Waals surface area contributed by atoms with Crippen LogP contribution in [0.1, 0.15) is 52.9 Å². The molecule has 24 heavy (non-hydrogen) atoms. The van der Waals surface area contributed by atoms with Crippen molar-refractivity contribution in [2.45, 2.75) is 70.7 Å². The van der Waals surface area contributed by atoms with Gasteiger partial charge < -0.3 is 9.47 Å². The van der Waals surface area contributed by atoms with Gasteiger partial charge in [-0.25, -0.2) is 4.79 Å². The molecule has 4 nitrogen and oxygen atoms in total. The number of ether oxygens (including phenoxy) is 2. The molecule has 2 heterocycles. The van der Waals surface area contributed by atoms with Crippen LogP contribution in [0.2, 0.25) is 0 Å². The highest BCUT2D eigenvalue weighted by molar-refractivity contribution is 5.92. The molecule has 0 aromatic carbocycles. The third-order valence-corrected chi connectivity index (χ3v) is 5.54. The Morgan fingerprint density at radius 1 is 1.17 bits per heavy atom. The molecule has 2 fully saturated rings. The lowest BCUT2D eigenvalue weighted by atomic mass is 9.86. The van der Waals surface area contributed by atoms with Gasteiger partial charge in [0.05, 0.1) is 6.10 Å². The summed E-state index contributed by atoms with van der Waals surface area (Å²) in [6.07, 6.45) is 7.56. The topological polar surface area (TPSA) is 55.9 Å². The highest BCUT2D eigenvalue weighted by Gasteiger charge is 2.59. The number of Topliss-reactive ketones (excluding diaryl/α,β-unsaturated/α-hetero) is 1. The highest BCUT2D eigenvalue weighted by Crippen LogP contribution is 2.45. The van der Waals surface area contributed by atoms with Crippen LogP contribution in [0.5, 0.6) is 0 Å². The third-order valence-electron chi connectivity index (χ3n) is 5.54. The van der Waals surface area contributed by atoms with Gasteiger partial charge in [0.1, 0.15) is 11.7 Å². The Balaban J connectivity index is 1.85. The number of allylic oxidation sites excluding steroid dienone is 3. The van der Waals surface area contributed by atoms with Gasteiger partial charge in [0.15, 0.2) is 5.78 Å². The lowest BCUT2D eigenvalue weighted by Gasteiger charge is -2.16. The molecule has 4 atom stereocenters. The average Bonchev–Trinajstić information content (AvgIpc) is 3.12. The van der Waals surface area contributed by atoms with Crippen molar-refractivity contribution in [1.29, 1.82) is 0 Å². The molecule has 3 rings (SSSR count). The predicted molar refractivity (Wildman–Crippen MR) is 91.4 cm³/mol. The maximum Gasteiger partial charge on any atom is 0.334 e. The van der Waals surface area contributed by atoms with E-state index in [0.717, 1.165) is 19.3 Å². The number of carbonyl (C=O) groups is 2. The van der Waals surface area contributed by atoms with Crippen LogP contribution in [-0.2, 0) is 19.1 Å². The van der Waals surface area contributed by atoms with E-state index >= 15 is 0 Å². The predicted octanol–water partition coefficient (Wildman–Crippen LogP) is 3.67. The Morgan fingerprint density at radius 3 is 2.67 bits per heavy atom. The van der Waals surface area contributed by atoms with Crippen molar-refractivity contribution >= 4 is 11.8 Å². The molecule has 0 saturated carbocycles. The van der Waals surface area contributed by atoms with Crippen LogP contribution >= 0.6 is 0 Å². The number of hydrogen-bond donors (Lipinski definition) is 0. The molecule has 1 aliphatic carbocycles. The smallest absolute Gasteiger partial charge is 0.334 e. The quantitative estimate of drug-likeness (QED) is 0.294. The van der Waals surface area contributed by atoms with Gasteiger partial charge in [-0.2, -0.15) is 0 Å². The summed E-state index contributed by atoms with van der Waals surface area (Å²) in [4.78, 5) is 24.4. The largest absolute Gasteiger partial charge is 0.454 e. The van der Waals surface area contributed by atoms with E-state index in [1.807, 2.05) is 13.0 Å². The maximum atomic E-state index is 12.5. The molecule has 4 unspecified atom stereocenters. The van der Waals surface area contributed by atoms with E-state index in [9.17, 15) is 9.59 Å². The molecule has 2 aliphatic heterocycles. The van der Waals surface area contributed by atoms with E-state index in [0.29, 0.717) is 18.4 Å². The summed E-state index contributed by atoms with van der Waals surface area (Å²) in [6.45, 7) is 9.91. The normalized spacial score (nSPS) is 37.6. The maximum absolute atomic E-state index is 12.5. The second kappa shape index (κ2) is 6.32. The van der Waals surface area contributed by atoms with Crippen LogP contribution in [0.3, 0.4) is 0 Å². The number of fused-ring (bicyclic) bond motifs is 2. The van der Waals surface area contributed by atoms with Crippen LogP contribution in [-0.4, -0.2) is 29.6 Å². The fraction of sp³-hybridized carbons (Fsp3) is 0.600. The van der Waals surface area contributed by atoms with Crippen LogP contribution in [0.4, 0.5) is 0 Å². The third kappa shape index (κ3) is 3.25. The first kappa shape index (κ1) is 17.2. The van der Waals surface area contributed by atoms with Crippen LogP contribution in [0, 0.1) is 5.92 Å². The van der Waals surface area contributed by atoms with E-state index in [2.05, 4.69) is 26.5 Å². The van der Waals surface area contributed by atoms with Crippen molar-refractivity contribution in [2.75, 3.05) is 0 Å². The van der Waals surface area contributed by atoms with Crippen molar-refractivity contribution in [3.63, 3.8) is 0 Å². The summed E-state index contributed by atoms with van der Waals surface area (Å²) in [5, 5.41) is 0. The molecule has 0 radical (unpaired) electrons. The Labute approximate surface area is 143 Å². The highest BCUT2D eigenvalue weighted by atomic mass is 16.6. The Bertz CT molecular complexity index is 642. The SMILES string of the molecule is C=C1C(=O)OC2C=C(C)CCC=C(C)CCC(=O)C3(C)OC3CC12. The second-order valence-electron chi connectivity index (χ2n) is 7.48. The van der Waals surface area contributed by atoms with Gasteiger partial charge in [-0.05, 0) is 52.5 Å². The molecule has 0 aromatic heterocycles. The van der Waals surface area contributed by atoms with Gasteiger partial charge in [0, 0.05) is 17.9 Å². The minimum absolute atomic E-state index is 0.104. The van der Waals surface area contributed by atoms with Crippen molar-refractivity contribution in [3.05, 3.63) is 35.5 Å². The van der Waals surface area contributed by atoms with Crippen molar-refractivity contribution in [2.24, 2.45) is 5.92 Å². The van der Waals surface area contributed by atoms with E-state index < -0.39 is 5.60 Å². The van der Waals surface area contributed by atoms with Gasteiger partial charge >= 0.3 is 5.97 Å². The summed E-state index contributed by atoms with van der Waals surface area (Å²) in [6, 6.07) is 0. The molecule has 0 bridgehead atoms. The average molecular weight is 330 g/mol. The number of esters is 1. The van der Waals surface area contributed by atoms with E-state index in [1.165, 1.54) is 11.1 Å². The van der Waals surface area contributed by atoms with Crippen molar-refractivity contribution < 1.29 is 19.1 Å². The van der Waals surface area contributed by atoms with E-state index in [1.54, 1.807) is 0 Å². The number of carbonyl (C=O) groups excluding carboxylic acids is 2. The standard InChI is InChI=1S/C20H26O4/c1-12-6-5-7-13(2)10-16-15(14(3)19(22)23-16)11-18-20(4,24-18)17(21)9-8-12/h6,10,15-16,18H,3,5,7-9,11H2,1-2,4H3. The zero-order valence-corrected chi connectivity index (χ0v) is 14.8. The van der Waals surface area contributed by atoms with Crippen LogP contribution in [0.25, 0.3) is 0 Å². The number of epoxide rings is 1. The van der Waals surface area contributed by atoms with Crippen LogP contribution in [0.15, 0.2) is 35.5 Å². The molecule has 130 valence electrons. The van der Waals surface area contributed by atoms with Gasteiger partial charge in [0.25, 0.3) is 0 Å². The van der Waals surface area contributed by atoms with Gasteiger partial charge in [-0.3, -0.25) is 4.79 Å². The fourth-order valence-corrected chi connectivity index (χ4v) is 3.64. The van der Waals surface area contributed by atoms with Crippen molar-refractivity contribution in [3.8, 4) is 0 Å².